The van der Waals surface area contributed by atoms with Crippen molar-refractivity contribution in [2.75, 3.05) is 0 Å². The third-order valence-electron chi connectivity index (χ3n) is 0.175. The van der Waals surface area contributed by atoms with E-state index in [-0.39, 0.29) is 12.3 Å². The summed E-state index contributed by atoms with van der Waals surface area (Å²) in [5.41, 5.74) is 0. The summed E-state index contributed by atoms with van der Waals surface area (Å²) in [7, 11) is -6.40. The fraction of sp³-hybridized carbons (Fsp3) is 0. The molecule has 0 aromatic carbocycles. The minimum absolute atomic E-state index is 0. The molecule has 0 saturated carbocycles. The Hall–Kier alpha value is 0.260. The summed E-state index contributed by atoms with van der Waals surface area (Å²) >= 11 is 0. The number of hydrogen-bond donors (Lipinski definition) is 4. The van der Waals surface area contributed by atoms with E-state index < -0.39 is 16.5 Å². The Labute approximate surface area is 53.1 Å². The van der Waals surface area contributed by atoms with Crippen LogP contribution in [0.1, 0.15) is 0 Å². The molecule has 2 atom stereocenters. The van der Waals surface area contributed by atoms with Gasteiger partial charge in [0, 0.05) is 0 Å². The molecule has 0 aliphatic carbocycles. The maximum Gasteiger partial charge on any atom is 0.323 e. The number of hydrogen-bond acceptors (Lipinski definition) is 5. The molecular formula is H10N2O5P2. The van der Waals surface area contributed by atoms with E-state index in [1.165, 1.54) is 0 Å². The molecule has 0 spiro atoms. The van der Waals surface area contributed by atoms with Gasteiger partial charge in [-0.1, -0.05) is 0 Å². The lowest BCUT2D eigenvalue weighted by atomic mass is 14.0. The van der Waals surface area contributed by atoms with Gasteiger partial charge in [0.25, 0.3) is 0 Å². The van der Waals surface area contributed by atoms with Crippen molar-refractivity contribution in [2.24, 2.45) is 0 Å². The lowest BCUT2D eigenvalue weighted by Gasteiger charge is -1.86. The molecule has 0 heterocycles. The van der Waals surface area contributed by atoms with Gasteiger partial charge in [-0.15, -0.1) is 0 Å². The van der Waals surface area contributed by atoms with Gasteiger partial charge in [-0.05, 0) is 0 Å². The summed E-state index contributed by atoms with van der Waals surface area (Å²) < 4.78 is 22.3. The molecular weight excluding hydrogens is 170 g/mol. The summed E-state index contributed by atoms with van der Waals surface area (Å²) in [5, 5.41) is 0. The molecule has 7 nitrogen and oxygen atoms in total. The maximum absolute atomic E-state index is 9.44. The van der Waals surface area contributed by atoms with E-state index in [1.807, 2.05) is 0 Å². The Morgan fingerprint density at radius 3 is 1.22 bits per heavy atom. The summed E-state index contributed by atoms with van der Waals surface area (Å²) in [6, 6.07) is 0. The minimum Gasteiger partial charge on any atom is -0.344 e. The van der Waals surface area contributed by atoms with E-state index in [1.54, 1.807) is 0 Å². The zero-order chi connectivity index (χ0) is 5.86. The van der Waals surface area contributed by atoms with Crippen LogP contribution >= 0.6 is 16.5 Å². The Bertz CT molecular complexity index is 89.1. The van der Waals surface area contributed by atoms with Gasteiger partial charge >= 0.3 is 16.5 Å². The van der Waals surface area contributed by atoms with Crippen LogP contribution in [0.2, 0.25) is 0 Å². The SMILES string of the molecule is N.N.O=[PH](O)O[PH](=O)O. The van der Waals surface area contributed by atoms with Crippen LogP contribution < -0.4 is 12.3 Å². The quantitative estimate of drug-likeness (QED) is 0.439. The van der Waals surface area contributed by atoms with Crippen molar-refractivity contribution in [3.8, 4) is 0 Å². The van der Waals surface area contributed by atoms with Crippen LogP contribution in [-0.2, 0) is 13.4 Å². The molecule has 0 rings (SSSR count). The highest BCUT2D eigenvalue weighted by molar-refractivity contribution is 7.46. The van der Waals surface area contributed by atoms with E-state index in [0.717, 1.165) is 0 Å². The first-order valence-electron chi connectivity index (χ1n) is 1.26. The topological polar surface area (TPSA) is 154 Å². The van der Waals surface area contributed by atoms with E-state index >= 15 is 0 Å². The maximum atomic E-state index is 9.44. The van der Waals surface area contributed by atoms with Gasteiger partial charge in [0.05, 0.1) is 0 Å². The van der Waals surface area contributed by atoms with Crippen LogP contribution in [0.15, 0.2) is 0 Å². The highest BCUT2D eigenvalue weighted by Gasteiger charge is 1.93. The molecule has 9 heavy (non-hydrogen) atoms. The fourth-order valence-corrected chi connectivity index (χ4v) is 0.672. The average Bonchev–Trinajstić information content (AvgIpc) is 1.27. The molecule has 0 aromatic heterocycles. The first kappa shape index (κ1) is 16.1. The van der Waals surface area contributed by atoms with Crippen LogP contribution in [0.25, 0.3) is 0 Å². The molecule has 0 fully saturated rings. The zero-order valence-electron chi connectivity index (χ0n) is 4.53. The first-order valence-corrected chi connectivity index (χ1v) is 3.79. The van der Waals surface area contributed by atoms with Gasteiger partial charge in [-0.2, -0.15) is 0 Å². The molecule has 9 heteroatoms. The smallest absolute Gasteiger partial charge is 0.323 e. The third kappa shape index (κ3) is 17.8. The summed E-state index contributed by atoms with van der Waals surface area (Å²) in [5.74, 6) is 0. The lowest BCUT2D eigenvalue weighted by molar-refractivity contribution is 0.371. The summed E-state index contributed by atoms with van der Waals surface area (Å²) in [6.07, 6.45) is 0. The Morgan fingerprint density at radius 2 is 1.22 bits per heavy atom. The largest absolute Gasteiger partial charge is 0.344 e. The molecule has 0 aliphatic heterocycles. The molecule has 8 N–H and O–H groups in total. The van der Waals surface area contributed by atoms with Gasteiger partial charge in [0.15, 0.2) is 0 Å². The molecule has 60 valence electrons. The first-order chi connectivity index (χ1) is 3.13. The van der Waals surface area contributed by atoms with Crippen molar-refractivity contribution in [3.63, 3.8) is 0 Å². The van der Waals surface area contributed by atoms with Crippen LogP contribution in [0.3, 0.4) is 0 Å². The van der Waals surface area contributed by atoms with Crippen LogP contribution in [0.5, 0.6) is 0 Å². The van der Waals surface area contributed by atoms with Crippen molar-refractivity contribution in [2.45, 2.75) is 0 Å². The Balaban J connectivity index is -0.000000180. The second kappa shape index (κ2) is 8.26. The lowest BCUT2D eigenvalue weighted by Crippen LogP contribution is -1.58. The van der Waals surface area contributed by atoms with Crippen molar-refractivity contribution in [1.82, 2.24) is 12.3 Å². The van der Waals surface area contributed by atoms with E-state index in [2.05, 4.69) is 4.31 Å². The molecule has 0 bridgehead atoms. The van der Waals surface area contributed by atoms with Crippen LogP contribution in [0, 0.1) is 0 Å². The van der Waals surface area contributed by atoms with Gasteiger partial charge in [-0.25, -0.2) is 4.31 Å². The van der Waals surface area contributed by atoms with E-state index in [4.69, 9.17) is 9.79 Å². The number of rotatable bonds is 2. The zero-order valence-corrected chi connectivity index (χ0v) is 6.53. The molecule has 0 radical (unpaired) electrons. The van der Waals surface area contributed by atoms with Crippen LogP contribution in [-0.4, -0.2) is 9.79 Å². The van der Waals surface area contributed by atoms with Crippen molar-refractivity contribution < 1.29 is 23.2 Å². The van der Waals surface area contributed by atoms with Crippen molar-refractivity contribution in [3.05, 3.63) is 0 Å². The van der Waals surface area contributed by atoms with Crippen molar-refractivity contribution in [1.29, 1.82) is 0 Å². The van der Waals surface area contributed by atoms with E-state index in [0.29, 0.717) is 0 Å². The second-order valence-electron chi connectivity index (χ2n) is 0.634. The summed E-state index contributed by atoms with van der Waals surface area (Å²) in [6.45, 7) is 0. The van der Waals surface area contributed by atoms with Gasteiger partial charge in [0.2, 0.25) is 0 Å². The van der Waals surface area contributed by atoms with E-state index in [9.17, 15) is 9.13 Å². The van der Waals surface area contributed by atoms with Gasteiger partial charge < -0.3 is 22.1 Å². The van der Waals surface area contributed by atoms with Gasteiger partial charge in [-0.3, -0.25) is 9.13 Å². The van der Waals surface area contributed by atoms with Crippen molar-refractivity contribution >= 4 is 16.5 Å². The predicted molar refractivity (Wildman–Crippen MR) is 33.6 cm³/mol. The Kier molecular flexibility index (Phi) is 14.8. The second-order valence-corrected chi connectivity index (χ2v) is 2.51. The monoisotopic (exact) mass is 180 g/mol. The fourth-order valence-electron chi connectivity index (χ4n) is 0.0747. The predicted octanol–water partition coefficient (Wildman–Crippen LogP) is 0.0910. The molecule has 2 unspecified atom stereocenters. The minimum atomic E-state index is -3.20. The summed E-state index contributed by atoms with van der Waals surface area (Å²) in [4.78, 5) is 15.4. The highest BCUT2D eigenvalue weighted by atomic mass is 31.2. The average molecular weight is 180 g/mol. The molecule has 0 amide bonds. The van der Waals surface area contributed by atoms with Gasteiger partial charge in [0.1, 0.15) is 0 Å². The van der Waals surface area contributed by atoms with Crippen LogP contribution in [0.4, 0.5) is 0 Å². The standard InChI is InChI=1S/2H3N.H4O5P2/c;;1-6(2)5-7(3)4/h2*1H3;6-7H,(H,1,2)(H,3,4). The molecule has 0 aliphatic rings. The molecule has 0 aromatic rings. The third-order valence-corrected chi connectivity index (χ3v) is 1.57. The highest BCUT2D eigenvalue weighted by Crippen LogP contribution is 2.30. The Morgan fingerprint density at radius 1 is 1.00 bits per heavy atom. The normalized spacial score (nSPS) is 14.4. The molecule has 0 saturated heterocycles.